The third-order valence-corrected chi connectivity index (χ3v) is 5.24. The predicted octanol–water partition coefficient (Wildman–Crippen LogP) is 3.77. The van der Waals surface area contributed by atoms with Gasteiger partial charge in [-0.15, -0.1) is 0 Å². The molecule has 2 aliphatic heterocycles. The molecule has 3 nitrogen and oxygen atoms in total. The highest BCUT2D eigenvalue weighted by atomic mass is 19.1. The maximum Gasteiger partial charge on any atom is 0.254 e. The number of aromatic nitrogens is 1. The maximum atomic E-state index is 13.1. The first kappa shape index (κ1) is 14.4. The number of pyridine rings is 1. The Kier molecular flexibility index (Phi) is 3.60. The third kappa shape index (κ3) is 2.62. The van der Waals surface area contributed by atoms with Crippen molar-refractivity contribution in [3.05, 3.63) is 65.7 Å². The summed E-state index contributed by atoms with van der Waals surface area (Å²) >= 11 is 0. The van der Waals surface area contributed by atoms with Crippen molar-refractivity contribution in [1.29, 1.82) is 0 Å². The Morgan fingerprint density at radius 3 is 2.22 bits per heavy atom. The van der Waals surface area contributed by atoms with E-state index in [9.17, 15) is 9.18 Å². The SMILES string of the molecule is O=C(c1ccncc1)N1[C@@H]2CC[C@H]1C[C@@H](c1ccc(F)cc1)C2. The van der Waals surface area contributed by atoms with Crippen LogP contribution in [0.15, 0.2) is 48.8 Å². The lowest BCUT2D eigenvalue weighted by Crippen LogP contribution is -2.46. The zero-order valence-corrected chi connectivity index (χ0v) is 12.9. The van der Waals surface area contributed by atoms with Crippen LogP contribution in [0.5, 0.6) is 0 Å². The van der Waals surface area contributed by atoms with E-state index in [2.05, 4.69) is 9.88 Å². The summed E-state index contributed by atoms with van der Waals surface area (Å²) in [6, 6.07) is 11.0. The molecule has 0 saturated carbocycles. The first-order valence-electron chi connectivity index (χ1n) is 8.20. The number of piperidine rings is 1. The Balaban J connectivity index is 1.54. The molecule has 118 valence electrons. The Morgan fingerprint density at radius 2 is 1.61 bits per heavy atom. The summed E-state index contributed by atoms with van der Waals surface area (Å²) in [5, 5.41) is 0. The van der Waals surface area contributed by atoms with E-state index in [1.54, 1.807) is 24.5 Å². The molecule has 2 aromatic rings. The number of fused-ring (bicyclic) bond motifs is 2. The molecule has 23 heavy (non-hydrogen) atoms. The van der Waals surface area contributed by atoms with Gasteiger partial charge in [0.25, 0.3) is 5.91 Å². The first-order valence-corrected chi connectivity index (χ1v) is 8.20. The second-order valence-electron chi connectivity index (χ2n) is 6.55. The van der Waals surface area contributed by atoms with Crippen molar-refractivity contribution in [2.45, 2.75) is 43.7 Å². The summed E-state index contributed by atoms with van der Waals surface area (Å²) in [5.41, 5.74) is 1.91. The van der Waals surface area contributed by atoms with Crippen LogP contribution in [0.3, 0.4) is 0 Å². The van der Waals surface area contributed by atoms with Gasteiger partial charge in [0, 0.05) is 30.0 Å². The number of hydrogen-bond acceptors (Lipinski definition) is 2. The normalized spacial score (nSPS) is 26.3. The highest BCUT2D eigenvalue weighted by Gasteiger charge is 2.43. The van der Waals surface area contributed by atoms with E-state index in [4.69, 9.17) is 0 Å². The molecule has 0 unspecified atom stereocenters. The fourth-order valence-corrected chi connectivity index (χ4v) is 4.16. The fourth-order valence-electron chi connectivity index (χ4n) is 4.16. The number of nitrogens with zero attached hydrogens (tertiary/aromatic N) is 2. The third-order valence-electron chi connectivity index (χ3n) is 5.24. The quantitative estimate of drug-likeness (QED) is 0.846. The Bertz CT molecular complexity index is 687. The second kappa shape index (κ2) is 5.76. The number of carbonyl (C=O) groups is 1. The number of halogens is 1. The molecule has 4 rings (SSSR count). The Hall–Kier alpha value is -2.23. The van der Waals surface area contributed by atoms with E-state index in [0.29, 0.717) is 18.0 Å². The van der Waals surface area contributed by atoms with Crippen LogP contribution in [0.2, 0.25) is 0 Å². The number of carbonyl (C=O) groups excluding carboxylic acids is 1. The second-order valence-corrected chi connectivity index (χ2v) is 6.55. The molecule has 3 heterocycles. The molecule has 1 amide bonds. The maximum absolute atomic E-state index is 13.1. The molecule has 0 aliphatic carbocycles. The van der Waals surface area contributed by atoms with Crippen LogP contribution in [0.1, 0.15) is 47.5 Å². The van der Waals surface area contributed by atoms with Crippen LogP contribution < -0.4 is 0 Å². The van der Waals surface area contributed by atoms with Gasteiger partial charge in [-0.1, -0.05) is 12.1 Å². The van der Waals surface area contributed by atoms with Gasteiger partial charge in [-0.2, -0.15) is 0 Å². The Morgan fingerprint density at radius 1 is 1.00 bits per heavy atom. The van der Waals surface area contributed by atoms with Crippen LogP contribution in [-0.4, -0.2) is 27.9 Å². The van der Waals surface area contributed by atoms with Crippen LogP contribution in [0.4, 0.5) is 4.39 Å². The van der Waals surface area contributed by atoms with Crippen molar-refractivity contribution in [3.8, 4) is 0 Å². The fraction of sp³-hybridized carbons (Fsp3) is 0.368. The van der Waals surface area contributed by atoms with E-state index >= 15 is 0 Å². The number of rotatable bonds is 2. The lowest BCUT2D eigenvalue weighted by atomic mass is 9.85. The monoisotopic (exact) mass is 310 g/mol. The summed E-state index contributed by atoms with van der Waals surface area (Å²) < 4.78 is 13.1. The van der Waals surface area contributed by atoms with Gasteiger partial charge in [0.15, 0.2) is 0 Å². The van der Waals surface area contributed by atoms with Crippen LogP contribution in [0, 0.1) is 5.82 Å². The van der Waals surface area contributed by atoms with Crippen molar-refractivity contribution in [3.63, 3.8) is 0 Å². The minimum atomic E-state index is -0.193. The summed E-state index contributed by atoms with van der Waals surface area (Å²) in [5.74, 6) is 0.356. The number of benzene rings is 1. The molecule has 4 heteroatoms. The number of hydrogen-bond donors (Lipinski definition) is 0. The zero-order chi connectivity index (χ0) is 15.8. The van der Waals surface area contributed by atoms with E-state index in [1.807, 2.05) is 12.1 Å². The highest BCUT2D eigenvalue weighted by Crippen LogP contribution is 2.43. The molecule has 1 aromatic carbocycles. The highest BCUT2D eigenvalue weighted by molar-refractivity contribution is 5.94. The minimum Gasteiger partial charge on any atom is -0.333 e. The van der Waals surface area contributed by atoms with Crippen molar-refractivity contribution in [2.75, 3.05) is 0 Å². The largest absolute Gasteiger partial charge is 0.333 e. The van der Waals surface area contributed by atoms with Crippen molar-refractivity contribution < 1.29 is 9.18 Å². The van der Waals surface area contributed by atoms with Gasteiger partial charge in [0.05, 0.1) is 0 Å². The Labute approximate surface area is 135 Å². The van der Waals surface area contributed by atoms with Gasteiger partial charge in [0.1, 0.15) is 5.82 Å². The summed E-state index contributed by atoms with van der Waals surface area (Å²) in [4.78, 5) is 18.9. The van der Waals surface area contributed by atoms with Gasteiger partial charge in [-0.05, 0) is 61.4 Å². The minimum absolute atomic E-state index is 0.123. The van der Waals surface area contributed by atoms with Gasteiger partial charge in [-0.3, -0.25) is 9.78 Å². The van der Waals surface area contributed by atoms with E-state index in [-0.39, 0.29) is 11.7 Å². The molecule has 2 fully saturated rings. The van der Waals surface area contributed by atoms with Gasteiger partial charge in [0.2, 0.25) is 0 Å². The van der Waals surface area contributed by atoms with E-state index in [1.165, 1.54) is 17.7 Å². The van der Waals surface area contributed by atoms with E-state index < -0.39 is 0 Å². The molecular weight excluding hydrogens is 291 g/mol. The lowest BCUT2D eigenvalue weighted by molar-refractivity contribution is 0.0571. The summed E-state index contributed by atoms with van der Waals surface area (Å²) in [6.07, 6.45) is 7.41. The van der Waals surface area contributed by atoms with Gasteiger partial charge in [-0.25, -0.2) is 4.39 Å². The van der Waals surface area contributed by atoms with Crippen LogP contribution in [0.25, 0.3) is 0 Å². The molecule has 1 aromatic heterocycles. The first-order chi connectivity index (χ1) is 11.2. The molecule has 2 aliphatic rings. The molecular formula is C19H19FN2O. The van der Waals surface area contributed by atoms with Crippen molar-refractivity contribution >= 4 is 5.91 Å². The smallest absolute Gasteiger partial charge is 0.254 e. The molecule has 3 atom stereocenters. The molecule has 2 bridgehead atoms. The molecule has 0 radical (unpaired) electrons. The van der Waals surface area contributed by atoms with Crippen molar-refractivity contribution in [2.24, 2.45) is 0 Å². The average molecular weight is 310 g/mol. The zero-order valence-electron chi connectivity index (χ0n) is 12.9. The standard InChI is InChI=1S/C19H19FN2O/c20-16-3-1-13(2-4-16)15-11-17-5-6-18(12-15)22(17)19(23)14-7-9-21-10-8-14/h1-4,7-10,15,17-18H,5-6,11-12H2/t15-,17+,18-. The van der Waals surface area contributed by atoms with Crippen LogP contribution in [-0.2, 0) is 0 Å². The predicted molar refractivity (Wildman–Crippen MR) is 85.6 cm³/mol. The van der Waals surface area contributed by atoms with E-state index in [0.717, 1.165) is 31.2 Å². The summed E-state index contributed by atoms with van der Waals surface area (Å²) in [7, 11) is 0. The van der Waals surface area contributed by atoms with Gasteiger partial charge < -0.3 is 4.90 Å². The lowest BCUT2D eigenvalue weighted by Gasteiger charge is -2.39. The topological polar surface area (TPSA) is 33.2 Å². The molecule has 0 N–H and O–H groups in total. The van der Waals surface area contributed by atoms with Crippen LogP contribution >= 0.6 is 0 Å². The molecule has 2 saturated heterocycles. The van der Waals surface area contributed by atoms with Crippen molar-refractivity contribution in [1.82, 2.24) is 9.88 Å². The molecule has 0 spiro atoms. The number of amides is 1. The average Bonchev–Trinajstić information content (AvgIpc) is 2.85. The van der Waals surface area contributed by atoms with Gasteiger partial charge >= 0.3 is 0 Å². The summed E-state index contributed by atoms with van der Waals surface area (Å²) in [6.45, 7) is 0.